The van der Waals surface area contributed by atoms with Crippen LogP contribution < -0.4 is 10.1 Å². The monoisotopic (exact) mass is 347 g/mol. The Kier molecular flexibility index (Phi) is 3.86. The van der Waals surface area contributed by atoms with Crippen molar-refractivity contribution in [3.63, 3.8) is 0 Å². The van der Waals surface area contributed by atoms with Gasteiger partial charge in [0.15, 0.2) is 0 Å². The standard InChI is InChI=1S/C22H25N3O/c1-2-25-15-17-18(23-11-14-24-12-5-6-13-24)9-10-20-21(17)22(25)16-7-3-4-8-19(16)26-20/h3-4,7-10,15,23H,2,5-6,11-14H2,1H3. The van der Waals surface area contributed by atoms with Gasteiger partial charge in [-0.05, 0) is 57.1 Å². The van der Waals surface area contributed by atoms with Crippen LogP contribution in [0.15, 0.2) is 42.6 Å². The quantitative estimate of drug-likeness (QED) is 0.554. The molecule has 2 aromatic carbocycles. The van der Waals surface area contributed by atoms with Crippen molar-refractivity contribution in [2.24, 2.45) is 0 Å². The number of nitrogens with one attached hydrogen (secondary N) is 1. The number of hydrogen-bond donors (Lipinski definition) is 1. The van der Waals surface area contributed by atoms with Crippen molar-refractivity contribution in [2.75, 3.05) is 31.5 Å². The highest BCUT2D eigenvalue weighted by Crippen LogP contribution is 2.48. The van der Waals surface area contributed by atoms with E-state index in [1.165, 1.54) is 53.6 Å². The predicted molar refractivity (Wildman–Crippen MR) is 107 cm³/mol. The number of hydrogen-bond acceptors (Lipinski definition) is 3. The van der Waals surface area contributed by atoms with Crippen molar-refractivity contribution < 1.29 is 4.74 Å². The van der Waals surface area contributed by atoms with Crippen LogP contribution in [0.1, 0.15) is 19.8 Å². The van der Waals surface area contributed by atoms with Gasteiger partial charge in [-0.25, -0.2) is 0 Å². The van der Waals surface area contributed by atoms with Crippen molar-refractivity contribution in [1.29, 1.82) is 0 Å². The fourth-order valence-corrected chi connectivity index (χ4v) is 4.34. The van der Waals surface area contributed by atoms with Crippen LogP contribution >= 0.6 is 0 Å². The second-order valence-electron chi connectivity index (χ2n) is 7.24. The van der Waals surface area contributed by atoms with Gasteiger partial charge in [-0.3, -0.25) is 0 Å². The van der Waals surface area contributed by atoms with Crippen LogP contribution in [-0.2, 0) is 6.54 Å². The van der Waals surface area contributed by atoms with E-state index in [1.807, 2.05) is 6.07 Å². The fourth-order valence-electron chi connectivity index (χ4n) is 4.34. The Balaban J connectivity index is 1.53. The second-order valence-corrected chi connectivity index (χ2v) is 7.24. The molecule has 0 aliphatic carbocycles. The van der Waals surface area contributed by atoms with Gasteiger partial charge in [-0.2, -0.15) is 0 Å². The van der Waals surface area contributed by atoms with E-state index in [-0.39, 0.29) is 0 Å². The number of anilines is 1. The Labute approximate surface area is 154 Å². The lowest BCUT2D eigenvalue weighted by Crippen LogP contribution is -2.25. The topological polar surface area (TPSA) is 29.4 Å². The van der Waals surface area contributed by atoms with Gasteiger partial charge < -0.3 is 19.5 Å². The van der Waals surface area contributed by atoms with Gasteiger partial charge in [0, 0.05) is 42.5 Å². The average Bonchev–Trinajstić information content (AvgIpc) is 3.32. The molecular formula is C22H25N3O. The number of aryl methyl sites for hydroxylation is 1. The highest BCUT2D eigenvalue weighted by Gasteiger charge is 2.24. The number of aromatic nitrogens is 1. The zero-order chi connectivity index (χ0) is 17.5. The molecule has 0 unspecified atom stereocenters. The number of para-hydroxylation sites is 1. The van der Waals surface area contributed by atoms with Crippen LogP contribution in [0.25, 0.3) is 22.0 Å². The first kappa shape index (κ1) is 15.8. The Hall–Kier alpha value is -2.46. The van der Waals surface area contributed by atoms with E-state index in [0.29, 0.717) is 0 Å². The number of ether oxygens (including phenoxy) is 1. The summed E-state index contributed by atoms with van der Waals surface area (Å²) in [7, 11) is 0. The lowest BCUT2D eigenvalue weighted by atomic mass is 10.0. The smallest absolute Gasteiger partial charge is 0.137 e. The molecule has 4 heteroatoms. The van der Waals surface area contributed by atoms with Crippen molar-refractivity contribution >= 4 is 16.5 Å². The molecule has 1 aromatic heterocycles. The molecule has 3 aromatic rings. The molecule has 2 aliphatic rings. The van der Waals surface area contributed by atoms with Gasteiger partial charge in [0.05, 0.1) is 11.1 Å². The minimum Gasteiger partial charge on any atom is -0.456 e. The molecule has 1 fully saturated rings. The Morgan fingerprint density at radius 3 is 2.73 bits per heavy atom. The molecule has 0 amide bonds. The van der Waals surface area contributed by atoms with E-state index >= 15 is 0 Å². The predicted octanol–water partition coefficient (Wildman–Crippen LogP) is 4.94. The molecular weight excluding hydrogens is 322 g/mol. The van der Waals surface area contributed by atoms with Crippen molar-refractivity contribution in [2.45, 2.75) is 26.3 Å². The van der Waals surface area contributed by atoms with Gasteiger partial charge in [-0.15, -0.1) is 0 Å². The Morgan fingerprint density at radius 1 is 1.04 bits per heavy atom. The summed E-state index contributed by atoms with van der Waals surface area (Å²) in [6.45, 7) is 7.75. The molecule has 0 spiro atoms. The van der Waals surface area contributed by atoms with Crippen LogP contribution in [0.3, 0.4) is 0 Å². The van der Waals surface area contributed by atoms with E-state index in [0.717, 1.165) is 31.1 Å². The second kappa shape index (κ2) is 6.36. The highest BCUT2D eigenvalue weighted by molar-refractivity contribution is 6.08. The summed E-state index contributed by atoms with van der Waals surface area (Å²) in [4.78, 5) is 2.55. The van der Waals surface area contributed by atoms with Gasteiger partial charge in [0.25, 0.3) is 0 Å². The SMILES string of the molecule is CCn1cc2c(NCCN3CCCC3)ccc3c2c1-c1ccccc1O3. The summed E-state index contributed by atoms with van der Waals surface area (Å²) in [6.07, 6.45) is 4.97. The van der Waals surface area contributed by atoms with Crippen LogP contribution in [0.2, 0.25) is 0 Å². The Bertz CT molecular complexity index is 953. The molecule has 134 valence electrons. The minimum absolute atomic E-state index is 0.949. The number of nitrogens with zero attached hydrogens (tertiary/aromatic N) is 2. The van der Waals surface area contributed by atoms with E-state index in [2.05, 4.69) is 58.2 Å². The zero-order valence-electron chi connectivity index (χ0n) is 15.3. The lowest BCUT2D eigenvalue weighted by molar-refractivity contribution is 0.353. The van der Waals surface area contributed by atoms with Gasteiger partial charge in [0.2, 0.25) is 0 Å². The van der Waals surface area contributed by atoms with Crippen molar-refractivity contribution in [3.8, 4) is 22.8 Å². The van der Waals surface area contributed by atoms with Crippen LogP contribution in [0.5, 0.6) is 11.5 Å². The fraction of sp³-hybridized carbons (Fsp3) is 0.364. The van der Waals surface area contributed by atoms with E-state index in [9.17, 15) is 0 Å². The molecule has 26 heavy (non-hydrogen) atoms. The maximum absolute atomic E-state index is 6.20. The lowest BCUT2D eigenvalue weighted by Gasteiger charge is -2.20. The summed E-state index contributed by atoms with van der Waals surface area (Å²) in [6, 6.07) is 12.6. The zero-order valence-corrected chi connectivity index (χ0v) is 15.3. The molecule has 0 atom stereocenters. The normalized spacial score (nSPS) is 15.9. The van der Waals surface area contributed by atoms with Crippen LogP contribution in [0, 0.1) is 0 Å². The molecule has 5 rings (SSSR count). The summed E-state index contributed by atoms with van der Waals surface area (Å²) >= 11 is 0. The third-order valence-corrected chi connectivity index (χ3v) is 5.66. The largest absolute Gasteiger partial charge is 0.456 e. The molecule has 0 saturated carbocycles. The molecule has 0 bridgehead atoms. The Morgan fingerprint density at radius 2 is 1.88 bits per heavy atom. The average molecular weight is 347 g/mol. The molecule has 2 aliphatic heterocycles. The van der Waals surface area contributed by atoms with Gasteiger partial charge in [-0.1, -0.05) is 12.1 Å². The van der Waals surface area contributed by atoms with E-state index < -0.39 is 0 Å². The first-order valence-electron chi connectivity index (χ1n) is 9.74. The number of benzene rings is 2. The van der Waals surface area contributed by atoms with Gasteiger partial charge in [0.1, 0.15) is 11.5 Å². The number of rotatable bonds is 5. The van der Waals surface area contributed by atoms with E-state index in [4.69, 9.17) is 4.74 Å². The molecule has 0 radical (unpaired) electrons. The molecule has 1 N–H and O–H groups in total. The summed E-state index contributed by atoms with van der Waals surface area (Å²) in [5.74, 6) is 1.91. The summed E-state index contributed by atoms with van der Waals surface area (Å²) < 4.78 is 8.55. The third kappa shape index (κ3) is 2.48. The molecule has 1 saturated heterocycles. The summed E-state index contributed by atoms with van der Waals surface area (Å²) in [5, 5.41) is 6.16. The van der Waals surface area contributed by atoms with Crippen LogP contribution in [-0.4, -0.2) is 35.6 Å². The maximum atomic E-state index is 6.20. The van der Waals surface area contributed by atoms with Gasteiger partial charge >= 0.3 is 0 Å². The molecule has 3 heterocycles. The first-order chi connectivity index (χ1) is 12.8. The first-order valence-corrected chi connectivity index (χ1v) is 9.74. The highest BCUT2D eigenvalue weighted by atomic mass is 16.5. The summed E-state index contributed by atoms with van der Waals surface area (Å²) in [5.41, 5.74) is 3.67. The number of likely N-dealkylation sites (tertiary alicyclic amines) is 1. The van der Waals surface area contributed by atoms with E-state index in [1.54, 1.807) is 0 Å². The van der Waals surface area contributed by atoms with Crippen LogP contribution in [0.4, 0.5) is 5.69 Å². The van der Waals surface area contributed by atoms with Crippen molar-refractivity contribution in [1.82, 2.24) is 9.47 Å². The minimum atomic E-state index is 0.949. The van der Waals surface area contributed by atoms with Crippen molar-refractivity contribution in [3.05, 3.63) is 42.6 Å². The third-order valence-electron chi connectivity index (χ3n) is 5.66. The molecule has 4 nitrogen and oxygen atoms in total. The number of fused-ring (bicyclic) bond motifs is 2. The maximum Gasteiger partial charge on any atom is 0.137 e.